The lowest BCUT2D eigenvalue weighted by atomic mass is 9.92. The van der Waals surface area contributed by atoms with Crippen molar-refractivity contribution in [3.8, 4) is 0 Å². The molecule has 2 aliphatic rings. The molecule has 0 aromatic carbocycles. The van der Waals surface area contributed by atoms with Crippen molar-refractivity contribution < 1.29 is 14.7 Å². The SMILES string of the molecule is CC1(C(=O)N2CCCC(CCC(=O)O)C2)CC1(Cl)Cl. The fourth-order valence-corrected chi connectivity index (χ4v) is 3.49. The van der Waals surface area contributed by atoms with Gasteiger partial charge >= 0.3 is 5.97 Å². The summed E-state index contributed by atoms with van der Waals surface area (Å²) in [5, 5.41) is 8.71. The van der Waals surface area contributed by atoms with Crippen LogP contribution in [0.1, 0.15) is 39.0 Å². The van der Waals surface area contributed by atoms with E-state index in [0.29, 0.717) is 19.4 Å². The maximum absolute atomic E-state index is 12.4. The van der Waals surface area contributed by atoms with Crippen molar-refractivity contribution in [3.63, 3.8) is 0 Å². The Morgan fingerprint density at radius 1 is 1.42 bits per heavy atom. The Kier molecular flexibility index (Phi) is 4.03. The minimum absolute atomic E-state index is 0.0116. The van der Waals surface area contributed by atoms with Gasteiger partial charge in [-0.1, -0.05) is 0 Å². The monoisotopic (exact) mass is 307 g/mol. The zero-order valence-electron chi connectivity index (χ0n) is 11.0. The van der Waals surface area contributed by atoms with E-state index in [9.17, 15) is 9.59 Å². The summed E-state index contributed by atoms with van der Waals surface area (Å²) in [6, 6.07) is 0. The van der Waals surface area contributed by atoms with Crippen molar-refractivity contribution in [3.05, 3.63) is 0 Å². The predicted octanol–water partition coefficient (Wildman–Crippen LogP) is 2.67. The van der Waals surface area contributed by atoms with Gasteiger partial charge in [0.25, 0.3) is 0 Å². The number of likely N-dealkylation sites (tertiary alicyclic amines) is 1. The van der Waals surface area contributed by atoms with Crippen LogP contribution in [0.5, 0.6) is 0 Å². The van der Waals surface area contributed by atoms with E-state index in [1.165, 1.54) is 0 Å². The molecule has 1 amide bonds. The molecule has 1 aliphatic carbocycles. The summed E-state index contributed by atoms with van der Waals surface area (Å²) < 4.78 is -0.932. The molecule has 1 aliphatic heterocycles. The number of carboxylic acid groups (broad SMARTS) is 1. The number of carboxylic acids is 1. The molecule has 4 nitrogen and oxygen atoms in total. The number of carbonyl (C=O) groups is 2. The number of alkyl halides is 2. The molecule has 19 heavy (non-hydrogen) atoms. The molecule has 2 fully saturated rings. The summed E-state index contributed by atoms with van der Waals surface area (Å²) >= 11 is 12.1. The van der Waals surface area contributed by atoms with E-state index in [1.807, 2.05) is 4.90 Å². The first-order valence-corrected chi connectivity index (χ1v) is 7.41. The summed E-state index contributed by atoms with van der Waals surface area (Å²) in [4.78, 5) is 24.8. The van der Waals surface area contributed by atoms with Crippen LogP contribution in [0.4, 0.5) is 0 Å². The number of nitrogens with zero attached hydrogens (tertiary/aromatic N) is 1. The molecule has 0 radical (unpaired) electrons. The number of amides is 1. The average molecular weight is 308 g/mol. The van der Waals surface area contributed by atoms with E-state index in [0.717, 1.165) is 19.4 Å². The minimum atomic E-state index is -0.932. The first-order chi connectivity index (χ1) is 8.76. The molecule has 2 rings (SSSR count). The smallest absolute Gasteiger partial charge is 0.303 e. The molecule has 0 bridgehead atoms. The summed E-state index contributed by atoms with van der Waals surface area (Å²) in [6.45, 7) is 3.16. The average Bonchev–Trinajstić information content (AvgIpc) is 2.87. The van der Waals surface area contributed by atoms with E-state index in [2.05, 4.69) is 0 Å². The topological polar surface area (TPSA) is 57.6 Å². The third-order valence-corrected chi connectivity index (χ3v) is 5.40. The van der Waals surface area contributed by atoms with Gasteiger partial charge in [-0.2, -0.15) is 0 Å². The van der Waals surface area contributed by atoms with E-state index in [-0.39, 0.29) is 18.2 Å². The van der Waals surface area contributed by atoms with E-state index in [4.69, 9.17) is 28.3 Å². The first kappa shape index (κ1) is 14.9. The Bertz CT molecular complexity index is 399. The number of rotatable bonds is 4. The highest BCUT2D eigenvalue weighted by Gasteiger charge is 2.68. The second kappa shape index (κ2) is 5.13. The third kappa shape index (κ3) is 3.00. The lowest BCUT2D eigenvalue weighted by Gasteiger charge is -2.34. The van der Waals surface area contributed by atoms with Gasteiger partial charge in [0, 0.05) is 19.5 Å². The number of carbonyl (C=O) groups excluding carboxylic acids is 1. The van der Waals surface area contributed by atoms with Crippen molar-refractivity contribution >= 4 is 35.1 Å². The maximum Gasteiger partial charge on any atom is 0.303 e. The molecule has 1 heterocycles. The molecular weight excluding hydrogens is 289 g/mol. The van der Waals surface area contributed by atoms with Gasteiger partial charge in [-0.15, -0.1) is 23.2 Å². The van der Waals surface area contributed by atoms with Crippen LogP contribution in [0.3, 0.4) is 0 Å². The number of hydrogen-bond acceptors (Lipinski definition) is 2. The zero-order valence-corrected chi connectivity index (χ0v) is 12.5. The normalized spacial score (nSPS) is 33.0. The van der Waals surface area contributed by atoms with Gasteiger partial charge in [-0.25, -0.2) is 0 Å². The van der Waals surface area contributed by atoms with Crippen molar-refractivity contribution in [1.82, 2.24) is 4.90 Å². The van der Waals surface area contributed by atoms with Crippen molar-refractivity contribution in [2.75, 3.05) is 13.1 Å². The third-order valence-electron chi connectivity index (χ3n) is 4.30. The van der Waals surface area contributed by atoms with Gasteiger partial charge in [0.2, 0.25) is 5.91 Å². The van der Waals surface area contributed by atoms with Gasteiger partial charge in [0.15, 0.2) is 0 Å². The van der Waals surface area contributed by atoms with Crippen LogP contribution in [-0.2, 0) is 9.59 Å². The molecule has 6 heteroatoms. The standard InChI is InChI=1S/C13H19Cl2NO3/c1-12(8-13(12,14)15)11(19)16-6-2-3-9(7-16)4-5-10(17)18/h9H,2-8H2,1H3,(H,17,18). The Hall–Kier alpha value is -0.480. The molecule has 0 aromatic heterocycles. The van der Waals surface area contributed by atoms with Crippen molar-refractivity contribution in [2.24, 2.45) is 11.3 Å². The molecule has 0 aromatic rings. The highest BCUT2D eigenvalue weighted by Crippen LogP contribution is 2.64. The fraction of sp³-hybridized carbons (Fsp3) is 0.846. The van der Waals surface area contributed by atoms with Crippen LogP contribution >= 0.6 is 23.2 Å². The fourth-order valence-electron chi connectivity index (χ4n) is 2.79. The Morgan fingerprint density at radius 3 is 2.58 bits per heavy atom. The van der Waals surface area contributed by atoms with Crippen LogP contribution in [0.25, 0.3) is 0 Å². The van der Waals surface area contributed by atoms with Gasteiger partial charge in [0.05, 0.1) is 5.41 Å². The number of hydrogen-bond donors (Lipinski definition) is 1. The molecule has 1 N–H and O–H groups in total. The van der Waals surface area contributed by atoms with Crippen LogP contribution in [0.2, 0.25) is 0 Å². The number of aliphatic carboxylic acids is 1. The zero-order chi connectivity index (χ0) is 14.3. The van der Waals surface area contributed by atoms with Crippen LogP contribution in [-0.4, -0.2) is 39.3 Å². The predicted molar refractivity (Wildman–Crippen MR) is 73.3 cm³/mol. The van der Waals surface area contributed by atoms with E-state index >= 15 is 0 Å². The van der Waals surface area contributed by atoms with E-state index in [1.54, 1.807) is 6.92 Å². The summed E-state index contributed by atoms with van der Waals surface area (Å²) in [6.07, 6.45) is 3.20. The Labute approximate surface area is 123 Å². The van der Waals surface area contributed by atoms with E-state index < -0.39 is 15.7 Å². The quantitative estimate of drug-likeness (QED) is 0.812. The molecule has 2 unspecified atom stereocenters. The molecule has 1 saturated heterocycles. The first-order valence-electron chi connectivity index (χ1n) is 6.65. The Balaban J connectivity index is 1.91. The van der Waals surface area contributed by atoms with Gasteiger partial charge < -0.3 is 10.0 Å². The molecule has 2 atom stereocenters. The molecule has 108 valence electrons. The molecule has 1 saturated carbocycles. The molecule has 0 spiro atoms. The highest BCUT2D eigenvalue weighted by molar-refractivity contribution is 6.53. The summed E-state index contributed by atoms with van der Waals surface area (Å²) in [5.74, 6) is -0.494. The van der Waals surface area contributed by atoms with Crippen molar-refractivity contribution in [2.45, 2.75) is 43.4 Å². The number of piperidine rings is 1. The Morgan fingerprint density at radius 2 is 2.05 bits per heavy atom. The number of halogens is 2. The lowest BCUT2D eigenvalue weighted by Crippen LogP contribution is -2.44. The second-order valence-electron chi connectivity index (χ2n) is 5.91. The van der Waals surface area contributed by atoms with Gasteiger partial charge in [-0.05, 0) is 38.5 Å². The lowest BCUT2D eigenvalue weighted by molar-refractivity contribution is -0.138. The van der Waals surface area contributed by atoms with Crippen LogP contribution in [0.15, 0.2) is 0 Å². The van der Waals surface area contributed by atoms with Gasteiger partial charge in [0.1, 0.15) is 4.33 Å². The molecular formula is C13H19Cl2NO3. The van der Waals surface area contributed by atoms with Crippen LogP contribution in [0, 0.1) is 11.3 Å². The second-order valence-corrected chi connectivity index (χ2v) is 7.39. The largest absolute Gasteiger partial charge is 0.481 e. The van der Waals surface area contributed by atoms with Gasteiger partial charge in [-0.3, -0.25) is 9.59 Å². The summed E-state index contributed by atoms with van der Waals surface area (Å²) in [7, 11) is 0. The highest BCUT2D eigenvalue weighted by atomic mass is 35.5. The van der Waals surface area contributed by atoms with Crippen LogP contribution < -0.4 is 0 Å². The minimum Gasteiger partial charge on any atom is -0.481 e. The summed E-state index contributed by atoms with van der Waals surface area (Å²) in [5.41, 5.74) is -0.662. The van der Waals surface area contributed by atoms with Crippen molar-refractivity contribution in [1.29, 1.82) is 0 Å². The maximum atomic E-state index is 12.4.